The number of benzene rings is 2. The first-order chi connectivity index (χ1) is 9.58. The van der Waals surface area contributed by atoms with Gasteiger partial charge in [0.25, 0.3) is 0 Å². The van der Waals surface area contributed by atoms with Crippen LogP contribution in [0.2, 0.25) is 0 Å². The van der Waals surface area contributed by atoms with E-state index in [2.05, 4.69) is 56.2 Å². The summed E-state index contributed by atoms with van der Waals surface area (Å²) >= 11 is 6.79. The van der Waals surface area contributed by atoms with E-state index in [1.54, 1.807) is 6.07 Å². The Morgan fingerprint density at radius 1 is 1.05 bits per heavy atom. The number of hydrogen-bond donors (Lipinski definition) is 1. The zero-order valence-corrected chi connectivity index (χ0v) is 14.3. The molecule has 0 heterocycles. The van der Waals surface area contributed by atoms with Crippen LogP contribution >= 0.6 is 31.9 Å². The second kappa shape index (κ2) is 7.34. The zero-order chi connectivity index (χ0) is 14.5. The first kappa shape index (κ1) is 15.7. The van der Waals surface area contributed by atoms with Crippen molar-refractivity contribution in [1.29, 1.82) is 0 Å². The molecule has 0 saturated heterocycles. The van der Waals surface area contributed by atoms with Crippen molar-refractivity contribution < 1.29 is 4.39 Å². The third-order valence-electron chi connectivity index (χ3n) is 3.09. The van der Waals surface area contributed by atoms with Gasteiger partial charge in [0.1, 0.15) is 5.82 Å². The van der Waals surface area contributed by atoms with E-state index in [0.29, 0.717) is 0 Å². The lowest BCUT2D eigenvalue weighted by Gasteiger charge is -2.19. The number of rotatable bonds is 5. The molecule has 20 heavy (non-hydrogen) atoms. The highest BCUT2D eigenvalue weighted by atomic mass is 79.9. The summed E-state index contributed by atoms with van der Waals surface area (Å²) in [6.07, 6.45) is 0.830. The Balaban J connectivity index is 2.23. The van der Waals surface area contributed by atoms with Gasteiger partial charge in [0.2, 0.25) is 0 Å². The highest BCUT2D eigenvalue weighted by molar-refractivity contribution is 9.10. The van der Waals surface area contributed by atoms with Crippen LogP contribution in [0, 0.1) is 5.82 Å². The van der Waals surface area contributed by atoms with E-state index >= 15 is 0 Å². The molecule has 2 aromatic rings. The zero-order valence-electron chi connectivity index (χ0n) is 11.2. The van der Waals surface area contributed by atoms with Gasteiger partial charge >= 0.3 is 0 Å². The summed E-state index contributed by atoms with van der Waals surface area (Å²) in [4.78, 5) is 0. The number of halogens is 3. The van der Waals surface area contributed by atoms with Gasteiger partial charge in [-0.15, -0.1) is 0 Å². The van der Waals surface area contributed by atoms with Crippen LogP contribution in [0.5, 0.6) is 0 Å². The molecule has 0 aliphatic carbocycles. The van der Waals surface area contributed by atoms with E-state index in [1.807, 2.05) is 18.2 Å². The van der Waals surface area contributed by atoms with Crippen molar-refractivity contribution in [3.05, 3.63) is 68.4 Å². The van der Waals surface area contributed by atoms with Gasteiger partial charge < -0.3 is 5.32 Å². The lowest BCUT2D eigenvalue weighted by Crippen LogP contribution is -2.23. The maximum atomic E-state index is 13.6. The van der Waals surface area contributed by atoms with Crippen molar-refractivity contribution >= 4 is 31.9 Å². The Morgan fingerprint density at radius 2 is 1.75 bits per heavy atom. The summed E-state index contributed by atoms with van der Waals surface area (Å²) in [6.45, 7) is 2.90. The Bertz CT molecular complexity index is 549. The Morgan fingerprint density at radius 3 is 2.35 bits per heavy atom. The minimum absolute atomic E-state index is 0.105. The molecule has 0 bridgehead atoms. The monoisotopic (exact) mass is 399 g/mol. The van der Waals surface area contributed by atoms with Crippen molar-refractivity contribution in [2.45, 2.75) is 19.4 Å². The van der Waals surface area contributed by atoms with Gasteiger partial charge in [0.15, 0.2) is 0 Å². The molecule has 2 aromatic carbocycles. The van der Waals surface area contributed by atoms with Crippen LogP contribution in [0.25, 0.3) is 0 Å². The molecule has 2 rings (SSSR count). The quantitative estimate of drug-likeness (QED) is 0.723. The molecule has 0 aliphatic rings. The molecule has 0 fully saturated rings. The molecule has 0 radical (unpaired) electrons. The molecule has 0 aliphatic heterocycles. The maximum Gasteiger partial charge on any atom is 0.124 e. The summed E-state index contributed by atoms with van der Waals surface area (Å²) in [5.41, 5.74) is 2.18. The summed E-state index contributed by atoms with van der Waals surface area (Å²) in [5, 5.41) is 3.42. The fraction of sp³-hybridized carbons (Fsp3) is 0.250. The van der Waals surface area contributed by atoms with Crippen molar-refractivity contribution in [3.63, 3.8) is 0 Å². The molecule has 0 amide bonds. The van der Waals surface area contributed by atoms with E-state index in [9.17, 15) is 4.39 Å². The Labute approximate surface area is 135 Å². The van der Waals surface area contributed by atoms with E-state index in [-0.39, 0.29) is 11.9 Å². The predicted octanol–water partition coefficient (Wildman–Crippen LogP) is 5.24. The molecule has 4 heteroatoms. The predicted molar refractivity (Wildman–Crippen MR) is 88.4 cm³/mol. The highest BCUT2D eigenvalue weighted by Crippen LogP contribution is 2.24. The van der Waals surface area contributed by atoms with Crippen molar-refractivity contribution in [3.8, 4) is 0 Å². The molecule has 1 unspecified atom stereocenters. The topological polar surface area (TPSA) is 12.0 Å². The van der Waals surface area contributed by atoms with Gasteiger partial charge in [0.05, 0.1) is 0 Å². The van der Waals surface area contributed by atoms with Crippen LogP contribution in [-0.4, -0.2) is 6.54 Å². The summed E-state index contributed by atoms with van der Waals surface area (Å²) in [7, 11) is 0. The highest BCUT2D eigenvalue weighted by Gasteiger charge is 2.13. The normalized spacial score (nSPS) is 12.4. The fourth-order valence-electron chi connectivity index (χ4n) is 2.19. The third-order valence-corrected chi connectivity index (χ3v) is 4.08. The molecular formula is C16H16Br2FN. The second-order valence-electron chi connectivity index (χ2n) is 4.64. The van der Waals surface area contributed by atoms with E-state index in [4.69, 9.17) is 0 Å². The third kappa shape index (κ3) is 4.40. The van der Waals surface area contributed by atoms with Crippen LogP contribution in [-0.2, 0) is 6.42 Å². The van der Waals surface area contributed by atoms with Crippen molar-refractivity contribution in [2.24, 2.45) is 0 Å². The fourth-order valence-corrected chi connectivity index (χ4v) is 2.93. The lowest BCUT2D eigenvalue weighted by atomic mass is 9.99. The average Bonchev–Trinajstić information content (AvgIpc) is 2.39. The van der Waals surface area contributed by atoms with Gasteiger partial charge in [-0.2, -0.15) is 0 Å². The Kier molecular flexibility index (Phi) is 5.75. The molecule has 106 valence electrons. The summed E-state index contributed by atoms with van der Waals surface area (Å²) in [5.74, 6) is -0.215. The van der Waals surface area contributed by atoms with Crippen LogP contribution in [0.3, 0.4) is 0 Å². The Hall–Kier alpha value is -0.710. The molecule has 1 nitrogen and oxygen atoms in total. The molecule has 0 spiro atoms. The second-order valence-corrected chi connectivity index (χ2v) is 6.47. The van der Waals surface area contributed by atoms with Gasteiger partial charge in [-0.1, -0.05) is 50.9 Å². The van der Waals surface area contributed by atoms with Gasteiger partial charge in [-0.05, 0) is 54.4 Å². The van der Waals surface area contributed by atoms with Gasteiger partial charge in [-0.25, -0.2) is 4.39 Å². The average molecular weight is 401 g/mol. The van der Waals surface area contributed by atoms with Gasteiger partial charge in [0, 0.05) is 15.0 Å². The van der Waals surface area contributed by atoms with Crippen LogP contribution in [0.15, 0.2) is 51.4 Å². The number of nitrogens with one attached hydrogen (secondary N) is 1. The largest absolute Gasteiger partial charge is 0.310 e. The summed E-state index contributed by atoms with van der Waals surface area (Å²) < 4.78 is 15.4. The number of likely N-dealkylation sites (N-methyl/N-ethyl adjacent to an activating group) is 1. The molecular weight excluding hydrogens is 385 g/mol. The van der Waals surface area contributed by atoms with Gasteiger partial charge in [-0.3, -0.25) is 0 Å². The first-order valence-corrected chi connectivity index (χ1v) is 8.11. The van der Waals surface area contributed by atoms with Crippen LogP contribution < -0.4 is 5.32 Å². The number of hydrogen-bond acceptors (Lipinski definition) is 1. The van der Waals surface area contributed by atoms with E-state index in [0.717, 1.165) is 27.5 Å². The van der Waals surface area contributed by atoms with Crippen LogP contribution in [0.1, 0.15) is 24.1 Å². The first-order valence-electron chi connectivity index (χ1n) is 6.52. The minimum atomic E-state index is -0.215. The molecule has 1 N–H and O–H groups in total. The van der Waals surface area contributed by atoms with Crippen molar-refractivity contribution in [1.82, 2.24) is 5.32 Å². The lowest BCUT2D eigenvalue weighted by molar-refractivity contribution is 0.542. The maximum absolute atomic E-state index is 13.6. The molecule has 0 aromatic heterocycles. The standard InChI is InChI=1S/C16H16Br2FN/c1-2-20-16(7-11-3-5-13(17)6-4-11)12-8-14(18)10-15(19)9-12/h3-6,8-10,16,20H,2,7H2,1H3. The van der Waals surface area contributed by atoms with Crippen molar-refractivity contribution in [2.75, 3.05) is 6.54 Å². The van der Waals surface area contributed by atoms with E-state index < -0.39 is 0 Å². The SMILES string of the molecule is CCNC(Cc1ccc(Br)cc1)c1cc(F)cc(Br)c1. The van der Waals surface area contributed by atoms with E-state index in [1.165, 1.54) is 11.6 Å². The van der Waals surface area contributed by atoms with Crippen LogP contribution in [0.4, 0.5) is 4.39 Å². The minimum Gasteiger partial charge on any atom is -0.310 e. The smallest absolute Gasteiger partial charge is 0.124 e. The molecule has 1 atom stereocenters. The molecule has 0 saturated carbocycles. The summed E-state index contributed by atoms with van der Waals surface area (Å²) in [6, 6.07) is 13.4.